The first kappa shape index (κ1) is 20.4. The van der Waals surface area contributed by atoms with E-state index < -0.39 is 25.6 Å². The van der Waals surface area contributed by atoms with Gasteiger partial charge in [-0.05, 0) is 70.0 Å². The number of aryl methyl sites for hydroxylation is 2. The first-order valence-electron chi connectivity index (χ1n) is 8.04. The van der Waals surface area contributed by atoms with Gasteiger partial charge in [-0.25, -0.2) is 21.6 Å². The van der Waals surface area contributed by atoms with Crippen LogP contribution in [0.5, 0.6) is 0 Å². The predicted octanol–water partition coefficient (Wildman–Crippen LogP) is 3.18. The standard InChI is InChI=1S/C18H24N2O4S2/c1-13-9-10-14(2)17(11-13)26(23,24)19-15-7-6-8-16(12-15)25(21,22)20-18(3,4)5/h6-12,19-20H,1-5H3. The third-order valence-electron chi connectivity index (χ3n) is 3.47. The molecular weight excluding hydrogens is 372 g/mol. The molecule has 0 fully saturated rings. The molecule has 0 amide bonds. The predicted molar refractivity (Wildman–Crippen MR) is 103 cm³/mol. The van der Waals surface area contributed by atoms with Gasteiger partial charge in [0.15, 0.2) is 0 Å². The summed E-state index contributed by atoms with van der Waals surface area (Å²) in [4.78, 5) is 0.159. The van der Waals surface area contributed by atoms with Crippen LogP contribution in [0.2, 0.25) is 0 Å². The maximum Gasteiger partial charge on any atom is 0.262 e. The minimum Gasteiger partial charge on any atom is -0.280 e. The van der Waals surface area contributed by atoms with E-state index in [0.29, 0.717) is 5.56 Å². The lowest BCUT2D eigenvalue weighted by Gasteiger charge is -2.20. The zero-order valence-electron chi connectivity index (χ0n) is 15.5. The lowest BCUT2D eigenvalue weighted by atomic mass is 10.1. The fourth-order valence-electron chi connectivity index (χ4n) is 2.40. The van der Waals surface area contributed by atoms with Crippen molar-refractivity contribution >= 4 is 25.7 Å². The van der Waals surface area contributed by atoms with Crippen molar-refractivity contribution in [2.24, 2.45) is 0 Å². The van der Waals surface area contributed by atoms with E-state index in [-0.39, 0.29) is 15.5 Å². The summed E-state index contributed by atoms with van der Waals surface area (Å²) >= 11 is 0. The largest absolute Gasteiger partial charge is 0.280 e. The molecule has 2 N–H and O–H groups in total. The van der Waals surface area contributed by atoms with Crippen LogP contribution < -0.4 is 9.44 Å². The summed E-state index contributed by atoms with van der Waals surface area (Å²) in [7, 11) is -7.59. The first-order valence-corrected chi connectivity index (χ1v) is 11.0. The molecule has 0 aliphatic carbocycles. The molecule has 2 aromatic carbocycles. The number of rotatable bonds is 5. The van der Waals surface area contributed by atoms with Crippen LogP contribution in [0.1, 0.15) is 31.9 Å². The van der Waals surface area contributed by atoms with Gasteiger partial charge >= 0.3 is 0 Å². The van der Waals surface area contributed by atoms with E-state index in [9.17, 15) is 16.8 Å². The van der Waals surface area contributed by atoms with E-state index in [4.69, 9.17) is 0 Å². The van der Waals surface area contributed by atoms with Crippen molar-refractivity contribution in [3.05, 3.63) is 53.6 Å². The van der Waals surface area contributed by atoms with Crippen LogP contribution in [-0.2, 0) is 20.0 Å². The lowest BCUT2D eigenvalue weighted by Crippen LogP contribution is -2.40. The molecule has 0 unspecified atom stereocenters. The van der Waals surface area contributed by atoms with Gasteiger partial charge < -0.3 is 0 Å². The van der Waals surface area contributed by atoms with Gasteiger partial charge in [0.05, 0.1) is 15.5 Å². The summed E-state index contributed by atoms with van der Waals surface area (Å²) in [6.07, 6.45) is 0. The molecule has 8 heteroatoms. The van der Waals surface area contributed by atoms with E-state index in [0.717, 1.165) is 5.56 Å². The molecule has 0 aliphatic heterocycles. The molecule has 2 rings (SSSR count). The normalized spacial score (nSPS) is 12.8. The number of benzene rings is 2. The van der Waals surface area contributed by atoms with Gasteiger partial charge in [-0.1, -0.05) is 18.2 Å². The molecule has 0 bridgehead atoms. The fraction of sp³-hybridized carbons (Fsp3) is 0.333. The van der Waals surface area contributed by atoms with Crippen molar-refractivity contribution in [3.8, 4) is 0 Å². The van der Waals surface area contributed by atoms with E-state index in [1.54, 1.807) is 39.8 Å². The number of hydrogen-bond acceptors (Lipinski definition) is 4. The molecule has 0 spiro atoms. The average Bonchev–Trinajstić information content (AvgIpc) is 2.47. The van der Waals surface area contributed by atoms with Gasteiger partial charge in [-0.2, -0.15) is 0 Å². The van der Waals surface area contributed by atoms with Crippen LogP contribution in [0, 0.1) is 13.8 Å². The SMILES string of the molecule is Cc1ccc(C)c(S(=O)(=O)Nc2cccc(S(=O)(=O)NC(C)(C)C)c2)c1. The minimum atomic E-state index is -3.83. The molecule has 2 aromatic rings. The molecular formula is C18H24N2O4S2. The minimum absolute atomic E-state index is 0.00594. The molecule has 0 heterocycles. The third-order valence-corrected chi connectivity index (χ3v) is 6.75. The van der Waals surface area contributed by atoms with E-state index >= 15 is 0 Å². The number of hydrogen-bond donors (Lipinski definition) is 2. The number of anilines is 1. The molecule has 142 valence electrons. The molecule has 0 saturated heterocycles. The molecule has 0 atom stereocenters. The maximum absolute atomic E-state index is 12.7. The van der Waals surface area contributed by atoms with Crippen molar-refractivity contribution in [3.63, 3.8) is 0 Å². The summed E-state index contributed by atoms with van der Waals surface area (Å²) in [5.74, 6) is 0. The highest BCUT2D eigenvalue weighted by molar-refractivity contribution is 7.92. The quantitative estimate of drug-likeness (QED) is 0.812. The Morgan fingerprint density at radius 2 is 1.50 bits per heavy atom. The Morgan fingerprint density at radius 1 is 0.846 bits per heavy atom. The lowest BCUT2D eigenvalue weighted by molar-refractivity contribution is 0.491. The summed E-state index contributed by atoms with van der Waals surface area (Å²) in [5, 5.41) is 0. The summed E-state index contributed by atoms with van der Waals surface area (Å²) in [5.41, 5.74) is 0.971. The molecule has 0 radical (unpaired) electrons. The van der Waals surface area contributed by atoms with Gasteiger partial charge in [0, 0.05) is 5.54 Å². The monoisotopic (exact) mass is 396 g/mol. The van der Waals surface area contributed by atoms with E-state index in [1.165, 1.54) is 24.3 Å². The zero-order valence-corrected chi connectivity index (χ0v) is 17.1. The molecule has 26 heavy (non-hydrogen) atoms. The van der Waals surface area contributed by atoms with Crippen molar-refractivity contribution in [1.29, 1.82) is 0 Å². The Hall–Kier alpha value is -1.90. The second-order valence-electron chi connectivity index (χ2n) is 7.26. The Morgan fingerprint density at radius 3 is 2.12 bits per heavy atom. The Balaban J connectivity index is 2.38. The van der Waals surface area contributed by atoms with Crippen LogP contribution in [0.25, 0.3) is 0 Å². The topological polar surface area (TPSA) is 92.3 Å². The van der Waals surface area contributed by atoms with Crippen molar-refractivity contribution in [2.45, 2.75) is 49.9 Å². The third kappa shape index (κ3) is 5.06. The Labute approximate surface area is 155 Å². The fourth-order valence-corrected chi connectivity index (χ4v) is 5.24. The Bertz CT molecular complexity index is 1020. The molecule has 0 aromatic heterocycles. The highest BCUT2D eigenvalue weighted by atomic mass is 32.2. The van der Waals surface area contributed by atoms with Crippen LogP contribution in [-0.4, -0.2) is 22.4 Å². The van der Waals surface area contributed by atoms with Crippen molar-refractivity contribution < 1.29 is 16.8 Å². The second-order valence-corrected chi connectivity index (χ2v) is 10.6. The molecule has 0 saturated carbocycles. The first-order chi connectivity index (χ1) is 11.8. The van der Waals surface area contributed by atoms with Gasteiger partial charge in [0.25, 0.3) is 10.0 Å². The van der Waals surface area contributed by atoms with Crippen molar-refractivity contribution in [1.82, 2.24) is 4.72 Å². The summed E-state index contributed by atoms with van der Waals surface area (Å²) in [6.45, 7) is 8.72. The molecule has 0 aliphatic rings. The highest BCUT2D eigenvalue weighted by Gasteiger charge is 2.23. The van der Waals surface area contributed by atoms with Gasteiger partial charge in [0.2, 0.25) is 10.0 Å². The highest BCUT2D eigenvalue weighted by Crippen LogP contribution is 2.23. The second kappa shape index (κ2) is 7.02. The van der Waals surface area contributed by atoms with Crippen LogP contribution in [0.15, 0.2) is 52.3 Å². The molecule has 6 nitrogen and oxygen atoms in total. The Kier molecular flexibility index (Phi) is 5.51. The number of nitrogens with one attached hydrogen (secondary N) is 2. The van der Waals surface area contributed by atoms with E-state index in [2.05, 4.69) is 9.44 Å². The summed E-state index contributed by atoms with van der Waals surface area (Å²) < 4.78 is 55.3. The van der Waals surface area contributed by atoms with Crippen LogP contribution in [0.3, 0.4) is 0 Å². The van der Waals surface area contributed by atoms with Gasteiger partial charge in [0.1, 0.15) is 0 Å². The summed E-state index contributed by atoms with van der Waals surface area (Å²) in [6, 6.07) is 10.9. The smallest absolute Gasteiger partial charge is 0.262 e. The van der Waals surface area contributed by atoms with Crippen molar-refractivity contribution in [2.75, 3.05) is 4.72 Å². The van der Waals surface area contributed by atoms with Gasteiger partial charge in [-0.15, -0.1) is 0 Å². The average molecular weight is 397 g/mol. The van der Waals surface area contributed by atoms with Crippen LogP contribution >= 0.6 is 0 Å². The van der Waals surface area contributed by atoms with E-state index in [1.807, 2.05) is 13.0 Å². The van der Waals surface area contributed by atoms with Gasteiger partial charge in [-0.3, -0.25) is 4.72 Å². The zero-order chi connectivity index (χ0) is 19.8. The maximum atomic E-state index is 12.7. The number of sulfonamides is 2. The van der Waals surface area contributed by atoms with Crippen LogP contribution in [0.4, 0.5) is 5.69 Å².